The van der Waals surface area contributed by atoms with Gasteiger partial charge >= 0.3 is 11.3 Å². The van der Waals surface area contributed by atoms with Crippen molar-refractivity contribution in [1.29, 1.82) is 0 Å². The predicted octanol–water partition coefficient (Wildman–Crippen LogP) is 2.72. The summed E-state index contributed by atoms with van der Waals surface area (Å²) in [6.45, 7) is 6.78. The number of rotatable bonds is 2. The van der Waals surface area contributed by atoms with E-state index in [1.165, 1.54) is 12.1 Å². The number of benzene rings is 1. The van der Waals surface area contributed by atoms with Crippen molar-refractivity contribution in [3.63, 3.8) is 0 Å². The maximum atomic E-state index is 12.1. The second-order valence-corrected chi connectivity index (χ2v) is 5.29. The summed E-state index contributed by atoms with van der Waals surface area (Å²) >= 11 is 0. The summed E-state index contributed by atoms with van der Waals surface area (Å²) in [5, 5.41) is 3.34. The molecule has 0 saturated carbocycles. The molecule has 3 rings (SSSR count). The van der Waals surface area contributed by atoms with Gasteiger partial charge in [0.05, 0.1) is 5.39 Å². The molecule has 1 amide bonds. The van der Waals surface area contributed by atoms with E-state index in [0.29, 0.717) is 22.2 Å². The summed E-state index contributed by atoms with van der Waals surface area (Å²) < 4.78 is 10.5. The fraction of sp³-hybridized carbons (Fsp3) is 0.118. The normalized spacial score (nSPS) is 10.9. The van der Waals surface area contributed by atoms with Crippen molar-refractivity contribution in [2.75, 3.05) is 5.32 Å². The van der Waals surface area contributed by atoms with E-state index in [1.54, 1.807) is 26.0 Å². The molecule has 23 heavy (non-hydrogen) atoms. The summed E-state index contributed by atoms with van der Waals surface area (Å²) in [4.78, 5) is 35.4. The van der Waals surface area contributed by atoms with Crippen LogP contribution in [0.15, 0.2) is 54.8 Å². The van der Waals surface area contributed by atoms with Crippen molar-refractivity contribution in [2.24, 2.45) is 0 Å². The van der Waals surface area contributed by atoms with Crippen LogP contribution in [0.3, 0.4) is 0 Å². The van der Waals surface area contributed by atoms with Crippen molar-refractivity contribution >= 4 is 33.5 Å². The predicted molar refractivity (Wildman–Crippen MR) is 86.7 cm³/mol. The molecule has 2 aromatic heterocycles. The Kier molecular flexibility index (Phi) is 3.37. The average Bonchev–Trinajstić information content (AvgIpc) is 2.45. The molecule has 0 atom stereocenters. The van der Waals surface area contributed by atoms with Crippen LogP contribution in [-0.2, 0) is 4.79 Å². The monoisotopic (exact) mass is 311 g/mol. The molecule has 1 N–H and O–H groups in total. The Morgan fingerprint density at radius 1 is 1.17 bits per heavy atom. The van der Waals surface area contributed by atoms with Gasteiger partial charge in [-0.15, -0.1) is 0 Å². The molecule has 0 radical (unpaired) electrons. The van der Waals surface area contributed by atoms with Crippen molar-refractivity contribution < 1.29 is 13.6 Å². The molecule has 0 saturated heterocycles. The zero-order chi connectivity index (χ0) is 16.7. The van der Waals surface area contributed by atoms with Gasteiger partial charge in [0.2, 0.25) is 0 Å². The molecule has 0 fully saturated rings. The first kappa shape index (κ1) is 14.8. The first-order valence-corrected chi connectivity index (χ1v) is 6.85. The molecular formula is C17H13NO5. The summed E-state index contributed by atoms with van der Waals surface area (Å²) in [5.74, 6) is -0.338. The minimum Gasteiger partial charge on any atom is -0.422 e. The van der Waals surface area contributed by atoms with E-state index in [9.17, 15) is 14.4 Å². The van der Waals surface area contributed by atoms with Crippen molar-refractivity contribution in [1.82, 2.24) is 0 Å². The van der Waals surface area contributed by atoms with E-state index in [2.05, 4.69) is 11.9 Å². The Morgan fingerprint density at radius 2 is 1.91 bits per heavy atom. The Balaban J connectivity index is 2.28. The van der Waals surface area contributed by atoms with Gasteiger partial charge < -0.3 is 14.2 Å². The number of fused-ring (bicyclic) bond motifs is 3. The molecule has 116 valence electrons. The number of carbonyl (C=O) groups is 1. The molecule has 3 aromatic rings. The van der Waals surface area contributed by atoms with Crippen LogP contribution >= 0.6 is 0 Å². The second-order valence-electron chi connectivity index (χ2n) is 5.29. The molecular weight excluding hydrogens is 298 g/mol. The zero-order valence-corrected chi connectivity index (χ0v) is 12.6. The molecule has 0 aliphatic carbocycles. The first-order valence-electron chi connectivity index (χ1n) is 6.85. The van der Waals surface area contributed by atoms with Crippen LogP contribution in [0.2, 0.25) is 0 Å². The third-order valence-corrected chi connectivity index (χ3v) is 3.44. The number of hydrogen-bond donors (Lipinski definition) is 1. The molecule has 0 aliphatic heterocycles. The fourth-order valence-electron chi connectivity index (χ4n) is 2.31. The molecule has 6 nitrogen and oxygen atoms in total. The van der Waals surface area contributed by atoms with Crippen LogP contribution in [0.5, 0.6) is 0 Å². The van der Waals surface area contributed by atoms with Gasteiger partial charge in [-0.3, -0.25) is 4.79 Å². The number of amides is 1. The van der Waals surface area contributed by atoms with Gasteiger partial charge in [0.25, 0.3) is 5.91 Å². The van der Waals surface area contributed by atoms with E-state index in [0.717, 1.165) is 0 Å². The van der Waals surface area contributed by atoms with Gasteiger partial charge in [0, 0.05) is 23.4 Å². The lowest BCUT2D eigenvalue weighted by molar-refractivity contribution is -0.112. The molecule has 2 heterocycles. The van der Waals surface area contributed by atoms with Gasteiger partial charge in [-0.05, 0) is 31.5 Å². The third kappa shape index (κ3) is 2.55. The van der Waals surface area contributed by atoms with E-state index < -0.39 is 11.3 Å². The van der Waals surface area contributed by atoms with E-state index in [4.69, 9.17) is 8.83 Å². The van der Waals surface area contributed by atoms with Crippen molar-refractivity contribution in [2.45, 2.75) is 13.8 Å². The molecule has 0 spiro atoms. The minimum atomic E-state index is -0.600. The minimum absolute atomic E-state index is 0.180. The number of carbonyl (C=O) groups excluding carboxylic acids is 1. The van der Waals surface area contributed by atoms with Gasteiger partial charge in [0.15, 0.2) is 5.58 Å². The van der Waals surface area contributed by atoms with Crippen molar-refractivity contribution in [3.8, 4) is 0 Å². The van der Waals surface area contributed by atoms with Gasteiger partial charge in [-0.1, -0.05) is 6.58 Å². The van der Waals surface area contributed by atoms with E-state index >= 15 is 0 Å². The Bertz CT molecular complexity index is 1090. The third-order valence-electron chi connectivity index (χ3n) is 3.44. The van der Waals surface area contributed by atoms with Crippen molar-refractivity contribution in [3.05, 3.63) is 62.8 Å². The quantitative estimate of drug-likeness (QED) is 0.446. The first-order chi connectivity index (χ1) is 10.9. The smallest absolute Gasteiger partial charge is 0.347 e. The fourth-order valence-corrected chi connectivity index (χ4v) is 2.31. The largest absolute Gasteiger partial charge is 0.422 e. The molecule has 1 aromatic carbocycles. The SMILES string of the molecule is C=C(C)C(=O)Nc1ccc2c(c1)oc(=O)c1c(C)cc(=O)oc12. The maximum Gasteiger partial charge on any atom is 0.347 e. The zero-order valence-electron chi connectivity index (χ0n) is 12.6. The van der Waals surface area contributed by atoms with Crippen LogP contribution in [0.4, 0.5) is 5.69 Å². The Morgan fingerprint density at radius 3 is 2.61 bits per heavy atom. The van der Waals surface area contributed by atoms with Crippen LogP contribution in [-0.4, -0.2) is 5.91 Å². The average molecular weight is 311 g/mol. The lowest BCUT2D eigenvalue weighted by Gasteiger charge is -2.07. The molecule has 0 bridgehead atoms. The number of nitrogens with one attached hydrogen (secondary N) is 1. The summed E-state index contributed by atoms with van der Waals surface area (Å²) in [7, 11) is 0. The Labute approximate surface area is 130 Å². The van der Waals surface area contributed by atoms with Crippen LogP contribution < -0.4 is 16.6 Å². The highest BCUT2D eigenvalue weighted by Gasteiger charge is 2.14. The standard InChI is InChI=1S/C17H13NO5/c1-8(2)16(20)18-10-4-5-11-12(7-10)22-17(21)14-9(3)6-13(19)23-15(11)14/h4-7H,1H2,2-3H3,(H,18,20). The van der Waals surface area contributed by atoms with Gasteiger partial charge in [0.1, 0.15) is 11.0 Å². The summed E-state index contributed by atoms with van der Waals surface area (Å²) in [5.41, 5.74) is 0.551. The Hall–Kier alpha value is -3.15. The van der Waals surface area contributed by atoms with Gasteiger partial charge in [-0.25, -0.2) is 9.59 Å². The lowest BCUT2D eigenvalue weighted by Crippen LogP contribution is -2.12. The number of aryl methyl sites for hydroxylation is 1. The van der Waals surface area contributed by atoms with Crippen LogP contribution in [0, 0.1) is 6.92 Å². The number of hydrogen-bond acceptors (Lipinski definition) is 5. The topological polar surface area (TPSA) is 89.5 Å². The van der Waals surface area contributed by atoms with E-state index in [1.807, 2.05) is 0 Å². The van der Waals surface area contributed by atoms with Gasteiger partial charge in [-0.2, -0.15) is 0 Å². The maximum absolute atomic E-state index is 12.1. The van der Waals surface area contributed by atoms with Crippen LogP contribution in [0.25, 0.3) is 21.9 Å². The highest BCUT2D eigenvalue weighted by molar-refractivity contribution is 6.06. The van der Waals surface area contributed by atoms with E-state index in [-0.39, 0.29) is 22.5 Å². The highest BCUT2D eigenvalue weighted by atomic mass is 16.4. The molecule has 0 unspecified atom stereocenters. The lowest BCUT2D eigenvalue weighted by atomic mass is 10.1. The number of anilines is 1. The molecule has 0 aliphatic rings. The van der Waals surface area contributed by atoms with Crippen LogP contribution in [0.1, 0.15) is 12.5 Å². The second kappa shape index (κ2) is 5.24. The summed E-state index contributed by atoms with van der Waals surface area (Å²) in [6, 6.07) is 5.99. The molecule has 6 heteroatoms. The highest BCUT2D eigenvalue weighted by Crippen LogP contribution is 2.26. The summed E-state index contributed by atoms with van der Waals surface area (Å²) in [6.07, 6.45) is 0.